The summed E-state index contributed by atoms with van der Waals surface area (Å²) >= 11 is 0. The number of nitrogens with two attached hydrogens (primary N) is 1. The quantitative estimate of drug-likeness (QED) is 0.564. The molecule has 3 heterocycles. The van der Waals surface area contributed by atoms with Gasteiger partial charge in [0.1, 0.15) is 0 Å². The van der Waals surface area contributed by atoms with Crippen molar-refractivity contribution in [2.75, 3.05) is 6.54 Å². The molecule has 0 saturated carbocycles. The number of allylic oxidation sites excluding steroid dienone is 1. The van der Waals surface area contributed by atoms with Gasteiger partial charge in [0.05, 0.1) is 17.6 Å². The molecule has 0 radical (unpaired) electrons. The predicted molar refractivity (Wildman–Crippen MR) is 56.2 cm³/mol. The second kappa shape index (κ2) is 2.42. The standard InChI is InChI=1S/C10H10N4/c11-8-6-12-9-2-1-4-13-10(9)7(8)3-5-14-10/h1-3,5-6,13H,4,11H2. The van der Waals surface area contributed by atoms with E-state index in [1.165, 1.54) is 0 Å². The van der Waals surface area contributed by atoms with Crippen molar-refractivity contribution < 1.29 is 0 Å². The zero-order chi connectivity index (χ0) is 9.60. The number of rotatable bonds is 0. The Morgan fingerprint density at radius 3 is 3.36 bits per heavy atom. The van der Waals surface area contributed by atoms with Crippen LogP contribution >= 0.6 is 0 Å². The molecule has 0 aromatic heterocycles. The summed E-state index contributed by atoms with van der Waals surface area (Å²) in [5.41, 5.74) is 7.98. The van der Waals surface area contributed by atoms with Crippen LogP contribution in [0.4, 0.5) is 0 Å². The normalized spacial score (nSPS) is 33.0. The summed E-state index contributed by atoms with van der Waals surface area (Å²) in [6, 6.07) is 0. The summed E-state index contributed by atoms with van der Waals surface area (Å²) in [6.45, 7) is 0.793. The van der Waals surface area contributed by atoms with Crippen molar-refractivity contribution in [1.82, 2.24) is 5.32 Å². The Balaban J connectivity index is 2.24. The Bertz CT molecular complexity index is 439. The van der Waals surface area contributed by atoms with E-state index in [4.69, 9.17) is 5.73 Å². The fraction of sp³-hybridized carbons (Fsp3) is 0.200. The largest absolute Gasteiger partial charge is 0.397 e. The lowest BCUT2D eigenvalue weighted by Gasteiger charge is -2.35. The van der Waals surface area contributed by atoms with Crippen molar-refractivity contribution in [2.24, 2.45) is 15.7 Å². The van der Waals surface area contributed by atoms with Crippen LogP contribution in [0.2, 0.25) is 0 Å². The molecule has 3 aliphatic heterocycles. The second-order valence-electron chi connectivity index (χ2n) is 3.45. The number of nitrogens with one attached hydrogen (secondary N) is 1. The number of aliphatic imine (C=N–C) groups is 2. The van der Waals surface area contributed by atoms with Gasteiger partial charge in [-0.2, -0.15) is 0 Å². The van der Waals surface area contributed by atoms with Gasteiger partial charge in [-0.1, -0.05) is 6.08 Å². The van der Waals surface area contributed by atoms with Crippen molar-refractivity contribution in [3.8, 4) is 0 Å². The van der Waals surface area contributed by atoms with E-state index in [2.05, 4.69) is 15.3 Å². The fourth-order valence-electron chi connectivity index (χ4n) is 2.00. The van der Waals surface area contributed by atoms with Gasteiger partial charge in [0.15, 0.2) is 5.66 Å². The zero-order valence-corrected chi connectivity index (χ0v) is 7.57. The smallest absolute Gasteiger partial charge is 0.181 e. The molecular formula is C10H10N4. The van der Waals surface area contributed by atoms with Gasteiger partial charge in [0.2, 0.25) is 0 Å². The highest BCUT2D eigenvalue weighted by molar-refractivity contribution is 6.10. The minimum Gasteiger partial charge on any atom is -0.397 e. The van der Waals surface area contributed by atoms with E-state index in [0.29, 0.717) is 5.70 Å². The maximum absolute atomic E-state index is 5.86. The van der Waals surface area contributed by atoms with Crippen LogP contribution in [0, 0.1) is 0 Å². The Hall–Kier alpha value is -1.68. The van der Waals surface area contributed by atoms with Crippen LogP contribution in [0.25, 0.3) is 0 Å². The van der Waals surface area contributed by atoms with Crippen LogP contribution in [0.15, 0.2) is 45.7 Å². The molecule has 0 saturated heterocycles. The molecule has 1 atom stereocenters. The lowest BCUT2D eigenvalue weighted by molar-refractivity contribution is 0.542. The third kappa shape index (κ3) is 0.761. The molecule has 0 aliphatic carbocycles. The predicted octanol–water partition coefficient (Wildman–Crippen LogP) is 0.108. The van der Waals surface area contributed by atoms with Gasteiger partial charge in [0.25, 0.3) is 0 Å². The Morgan fingerprint density at radius 2 is 2.43 bits per heavy atom. The van der Waals surface area contributed by atoms with E-state index in [1.807, 2.05) is 18.2 Å². The second-order valence-corrected chi connectivity index (χ2v) is 3.45. The molecule has 3 N–H and O–H groups in total. The van der Waals surface area contributed by atoms with Crippen molar-refractivity contribution >= 4 is 11.9 Å². The lowest BCUT2D eigenvalue weighted by atomic mass is 9.89. The number of nitrogens with zero attached hydrogens (tertiary/aromatic N) is 2. The summed E-state index contributed by atoms with van der Waals surface area (Å²) in [5, 5.41) is 3.32. The molecule has 1 unspecified atom stereocenters. The summed E-state index contributed by atoms with van der Waals surface area (Å²) in [7, 11) is 0. The van der Waals surface area contributed by atoms with Crippen LogP contribution in [0.1, 0.15) is 0 Å². The van der Waals surface area contributed by atoms with E-state index < -0.39 is 5.66 Å². The Kier molecular flexibility index (Phi) is 1.33. The van der Waals surface area contributed by atoms with E-state index in [1.54, 1.807) is 12.4 Å². The van der Waals surface area contributed by atoms with Gasteiger partial charge in [-0.05, 0) is 12.2 Å². The van der Waals surface area contributed by atoms with Crippen LogP contribution in [0.5, 0.6) is 0 Å². The summed E-state index contributed by atoms with van der Waals surface area (Å²) in [6.07, 6.45) is 9.43. The summed E-state index contributed by atoms with van der Waals surface area (Å²) in [5.74, 6) is 0. The van der Waals surface area contributed by atoms with Crippen LogP contribution in [0.3, 0.4) is 0 Å². The minimum absolute atomic E-state index is 0.492. The first-order valence-electron chi connectivity index (χ1n) is 4.55. The van der Waals surface area contributed by atoms with Crippen LogP contribution < -0.4 is 11.1 Å². The number of hydrogen-bond donors (Lipinski definition) is 2. The van der Waals surface area contributed by atoms with Gasteiger partial charge in [-0.3, -0.25) is 15.3 Å². The zero-order valence-electron chi connectivity index (χ0n) is 7.57. The fourth-order valence-corrected chi connectivity index (χ4v) is 2.00. The van der Waals surface area contributed by atoms with Crippen LogP contribution in [-0.2, 0) is 0 Å². The average molecular weight is 186 g/mol. The molecule has 4 nitrogen and oxygen atoms in total. The van der Waals surface area contributed by atoms with Gasteiger partial charge in [0, 0.05) is 18.3 Å². The molecule has 3 aliphatic rings. The highest BCUT2D eigenvalue weighted by Crippen LogP contribution is 2.33. The van der Waals surface area contributed by atoms with Gasteiger partial charge >= 0.3 is 0 Å². The molecule has 70 valence electrons. The SMILES string of the molecule is NC1=CN=C2C=CCNC23N=CC=C13. The molecule has 3 rings (SSSR count). The van der Waals surface area contributed by atoms with E-state index >= 15 is 0 Å². The highest BCUT2D eigenvalue weighted by atomic mass is 15.2. The number of hydrogen-bond acceptors (Lipinski definition) is 4. The summed E-state index contributed by atoms with van der Waals surface area (Å²) < 4.78 is 0. The third-order valence-corrected chi connectivity index (χ3v) is 2.68. The van der Waals surface area contributed by atoms with Gasteiger partial charge in [-0.25, -0.2) is 0 Å². The molecule has 1 spiro atoms. The minimum atomic E-state index is -0.492. The maximum Gasteiger partial charge on any atom is 0.181 e. The molecule has 4 heteroatoms. The first-order valence-corrected chi connectivity index (χ1v) is 4.55. The lowest BCUT2D eigenvalue weighted by Crippen LogP contribution is -2.54. The molecule has 0 amide bonds. The van der Waals surface area contributed by atoms with Crippen molar-refractivity contribution in [1.29, 1.82) is 0 Å². The first-order chi connectivity index (χ1) is 6.83. The highest BCUT2D eigenvalue weighted by Gasteiger charge is 2.43. The average Bonchev–Trinajstić information content (AvgIpc) is 2.62. The molecule has 0 fully saturated rings. The van der Waals surface area contributed by atoms with Gasteiger partial charge < -0.3 is 5.73 Å². The van der Waals surface area contributed by atoms with E-state index in [9.17, 15) is 0 Å². The van der Waals surface area contributed by atoms with Crippen molar-refractivity contribution in [3.05, 3.63) is 35.7 Å². The van der Waals surface area contributed by atoms with E-state index in [0.717, 1.165) is 17.8 Å². The molecule has 0 aromatic carbocycles. The summed E-state index contributed by atoms with van der Waals surface area (Å²) in [4.78, 5) is 8.72. The monoisotopic (exact) mass is 186 g/mol. The Labute approximate surface area is 81.6 Å². The van der Waals surface area contributed by atoms with Crippen molar-refractivity contribution in [2.45, 2.75) is 5.66 Å². The Morgan fingerprint density at radius 1 is 1.50 bits per heavy atom. The molecular weight excluding hydrogens is 176 g/mol. The first kappa shape index (κ1) is 7.70. The molecule has 0 aromatic rings. The van der Waals surface area contributed by atoms with E-state index in [-0.39, 0.29) is 0 Å². The molecule has 14 heavy (non-hydrogen) atoms. The van der Waals surface area contributed by atoms with Gasteiger partial charge in [-0.15, -0.1) is 0 Å². The van der Waals surface area contributed by atoms with Crippen molar-refractivity contribution in [3.63, 3.8) is 0 Å². The third-order valence-electron chi connectivity index (χ3n) is 2.68. The maximum atomic E-state index is 5.86. The topological polar surface area (TPSA) is 62.8 Å². The van der Waals surface area contributed by atoms with Crippen LogP contribution in [-0.4, -0.2) is 24.1 Å². The molecule has 0 bridgehead atoms.